The number of hydrogen-bond donors (Lipinski definition) is 1. The number of furan rings is 1. The molecule has 0 aliphatic heterocycles. The van der Waals surface area contributed by atoms with Gasteiger partial charge in [0.25, 0.3) is 5.89 Å². The monoisotopic (exact) mass is 534 g/mol. The number of aliphatic carboxylic acids is 1. The summed E-state index contributed by atoms with van der Waals surface area (Å²) < 4.78 is 27.4. The zero-order chi connectivity index (χ0) is 27.8. The zero-order valence-electron chi connectivity index (χ0n) is 22.0. The van der Waals surface area contributed by atoms with E-state index in [9.17, 15) is 14.7 Å². The molecule has 4 aromatic rings. The van der Waals surface area contributed by atoms with Crippen molar-refractivity contribution in [3.05, 3.63) is 83.9 Å². The molecule has 0 aliphatic rings. The first kappa shape index (κ1) is 27.3. The van der Waals surface area contributed by atoms with Crippen LogP contribution in [0.1, 0.15) is 30.4 Å². The van der Waals surface area contributed by atoms with Crippen LogP contribution in [0.25, 0.3) is 11.7 Å². The minimum absolute atomic E-state index is 0.0494. The number of ether oxygens (including phenoxy) is 3. The first-order valence-corrected chi connectivity index (χ1v) is 12.4. The third-order valence-electron chi connectivity index (χ3n) is 6.06. The smallest absolute Gasteiger partial charge is 0.416 e. The Kier molecular flexibility index (Phi) is 8.88. The van der Waals surface area contributed by atoms with E-state index in [1.807, 2.05) is 6.92 Å². The fourth-order valence-corrected chi connectivity index (χ4v) is 3.95. The number of methoxy groups -OCH3 is 1. The molecule has 0 aliphatic carbocycles. The molecule has 1 unspecified atom stereocenters. The molecule has 0 saturated heterocycles. The van der Waals surface area contributed by atoms with Gasteiger partial charge in [-0.3, -0.25) is 4.90 Å². The Labute approximate surface area is 225 Å². The maximum absolute atomic E-state index is 13.0. The highest BCUT2D eigenvalue weighted by Gasteiger charge is 2.30. The zero-order valence-corrected chi connectivity index (χ0v) is 22.0. The van der Waals surface area contributed by atoms with Gasteiger partial charge in [-0.25, -0.2) is 14.6 Å². The molecule has 2 aromatic carbocycles. The summed E-state index contributed by atoms with van der Waals surface area (Å²) in [5.74, 6) is 2.11. The fraction of sp³-hybridized carbons (Fsp3) is 0.276. The van der Waals surface area contributed by atoms with Crippen LogP contribution in [0.3, 0.4) is 0 Å². The maximum Gasteiger partial charge on any atom is 0.416 e. The van der Waals surface area contributed by atoms with Crippen molar-refractivity contribution in [3.63, 3.8) is 0 Å². The van der Waals surface area contributed by atoms with Crippen molar-refractivity contribution in [1.82, 2.24) is 9.88 Å². The molecule has 1 N–H and O–H groups in total. The number of benzene rings is 2. The third kappa shape index (κ3) is 6.98. The molecule has 0 spiro atoms. The second kappa shape index (κ2) is 12.7. The predicted octanol–water partition coefficient (Wildman–Crippen LogP) is 5.74. The average molecular weight is 535 g/mol. The lowest BCUT2D eigenvalue weighted by molar-refractivity contribution is -0.142. The lowest BCUT2D eigenvalue weighted by Gasteiger charge is -2.27. The second-order valence-corrected chi connectivity index (χ2v) is 8.68. The summed E-state index contributed by atoms with van der Waals surface area (Å²) in [6.45, 7) is 3.97. The van der Waals surface area contributed by atoms with E-state index in [0.29, 0.717) is 41.9 Å². The first-order valence-electron chi connectivity index (χ1n) is 12.4. The number of nitrogens with zero attached hydrogens (tertiary/aromatic N) is 2. The van der Waals surface area contributed by atoms with Crippen LogP contribution in [0.4, 0.5) is 4.79 Å². The molecular weight excluding hydrogens is 504 g/mol. The van der Waals surface area contributed by atoms with Gasteiger partial charge >= 0.3 is 12.1 Å². The summed E-state index contributed by atoms with van der Waals surface area (Å²) in [7, 11) is 1.54. The number of rotatable bonds is 12. The van der Waals surface area contributed by atoms with Gasteiger partial charge in [-0.05, 0) is 67.4 Å². The summed E-state index contributed by atoms with van der Waals surface area (Å²) in [5.41, 5.74) is 1.51. The SMILES string of the molecule is CCC(C(=O)O)N(Cc1ccc(OCCc2nc(-c3ccco3)oc2C)cc1)C(=O)Oc1ccc(OC)cc1. The van der Waals surface area contributed by atoms with E-state index in [1.54, 1.807) is 73.9 Å². The summed E-state index contributed by atoms with van der Waals surface area (Å²) in [4.78, 5) is 30.6. The van der Waals surface area contributed by atoms with Gasteiger partial charge in [0.2, 0.25) is 0 Å². The Morgan fingerprint density at radius 3 is 2.33 bits per heavy atom. The molecule has 0 saturated carbocycles. The minimum atomic E-state index is -1.11. The highest BCUT2D eigenvalue weighted by molar-refractivity contribution is 5.81. The van der Waals surface area contributed by atoms with Crippen LogP contribution in [0.2, 0.25) is 0 Å². The summed E-state index contributed by atoms with van der Waals surface area (Å²) in [6, 6.07) is 16.1. The van der Waals surface area contributed by atoms with E-state index in [-0.39, 0.29) is 18.7 Å². The number of oxazole rings is 1. The van der Waals surface area contributed by atoms with Gasteiger partial charge in [-0.1, -0.05) is 19.1 Å². The summed E-state index contributed by atoms with van der Waals surface area (Å²) >= 11 is 0. The van der Waals surface area contributed by atoms with Crippen LogP contribution in [0.15, 0.2) is 75.8 Å². The van der Waals surface area contributed by atoms with Gasteiger partial charge in [0, 0.05) is 13.0 Å². The molecule has 0 radical (unpaired) electrons. The summed E-state index contributed by atoms with van der Waals surface area (Å²) in [6.07, 6.45) is 1.57. The molecule has 10 heteroatoms. The topological polar surface area (TPSA) is 124 Å². The molecular formula is C29H30N2O8. The Morgan fingerprint density at radius 2 is 1.72 bits per heavy atom. The van der Waals surface area contributed by atoms with E-state index in [0.717, 1.165) is 11.3 Å². The minimum Gasteiger partial charge on any atom is -0.497 e. The quantitative estimate of drug-likeness (QED) is 0.242. The Hall–Kier alpha value is -4.73. The van der Waals surface area contributed by atoms with Gasteiger partial charge in [0.1, 0.15) is 29.1 Å². The van der Waals surface area contributed by atoms with Crippen molar-refractivity contribution < 1.29 is 37.7 Å². The van der Waals surface area contributed by atoms with Crippen molar-refractivity contribution in [2.24, 2.45) is 0 Å². The van der Waals surface area contributed by atoms with Crippen LogP contribution >= 0.6 is 0 Å². The molecule has 204 valence electrons. The number of carbonyl (C=O) groups excluding carboxylic acids is 1. The number of carbonyl (C=O) groups is 2. The van der Waals surface area contributed by atoms with E-state index < -0.39 is 18.1 Å². The molecule has 1 amide bonds. The number of hydrogen-bond acceptors (Lipinski definition) is 8. The van der Waals surface area contributed by atoms with E-state index in [1.165, 1.54) is 12.0 Å². The molecule has 2 heterocycles. The van der Waals surface area contributed by atoms with Gasteiger partial charge < -0.3 is 28.2 Å². The molecule has 39 heavy (non-hydrogen) atoms. The normalized spacial score (nSPS) is 11.6. The van der Waals surface area contributed by atoms with Crippen molar-refractivity contribution in [2.75, 3.05) is 13.7 Å². The van der Waals surface area contributed by atoms with Gasteiger partial charge in [0.05, 0.1) is 25.7 Å². The largest absolute Gasteiger partial charge is 0.497 e. The Bertz CT molecular complexity index is 1360. The van der Waals surface area contributed by atoms with E-state index >= 15 is 0 Å². The van der Waals surface area contributed by atoms with Crippen molar-refractivity contribution >= 4 is 12.1 Å². The standard InChI is InChI=1S/C29H30N2O8/c1-4-25(28(32)33)31(29(34)39-23-13-11-21(35-3)12-14-23)18-20-7-9-22(10-8-20)36-17-15-24-19(2)38-27(30-24)26-6-5-16-37-26/h5-14,16,25H,4,15,17-18H2,1-3H3,(H,32,33). The number of amides is 1. The number of carboxylic acids is 1. The summed E-state index contributed by atoms with van der Waals surface area (Å²) in [5, 5.41) is 9.71. The lowest BCUT2D eigenvalue weighted by Crippen LogP contribution is -2.45. The molecule has 10 nitrogen and oxygen atoms in total. The maximum atomic E-state index is 13.0. The van der Waals surface area contributed by atoms with Crippen molar-refractivity contribution in [2.45, 2.75) is 39.3 Å². The highest BCUT2D eigenvalue weighted by atomic mass is 16.6. The first-order chi connectivity index (χ1) is 18.9. The molecule has 0 bridgehead atoms. The van der Waals surface area contributed by atoms with Crippen LogP contribution in [0.5, 0.6) is 17.2 Å². The van der Waals surface area contributed by atoms with Crippen LogP contribution in [-0.4, -0.2) is 46.8 Å². The van der Waals surface area contributed by atoms with Gasteiger partial charge in [0.15, 0.2) is 5.76 Å². The predicted molar refractivity (Wildman–Crippen MR) is 141 cm³/mol. The number of aryl methyl sites for hydroxylation is 1. The molecule has 4 rings (SSSR count). The Balaban J connectivity index is 1.37. The van der Waals surface area contributed by atoms with Crippen LogP contribution < -0.4 is 14.2 Å². The van der Waals surface area contributed by atoms with Gasteiger partial charge in [-0.15, -0.1) is 0 Å². The Morgan fingerprint density at radius 1 is 1.03 bits per heavy atom. The van der Waals surface area contributed by atoms with E-state index in [2.05, 4.69) is 4.98 Å². The molecule has 0 fully saturated rings. The number of aromatic nitrogens is 1. The second-order valence-electron chi connectivity index (χ2n) is 8.68. The van der Waals surface area contributed by atoms with Gasteiger partial charge in [-0.2, -0.15) is 0 Å². The highest BCUT2D eigenvalue weighted by Crippen LogP contribution is 2.23. The third-order valence-corrected chi connectivity index (χ3v) is 6.06. The van der Waals surface area contributed by atoms with Crippen LogP contribution in [-0.2, 0) is 17.8 Å². The fourth-order valence-electron chi connectivity index (χ4n) is 3.95. The van der Waals surface area contributed by atoms with Crippen molar-refractivity contribution in [3.8, 4) is 28.9 Å². The molecule has 1 atom stereocenters. The molecule has 2 aromatic heterocycles. The van der Waals surface area contributed by atoms with E-state index in [4.69, 9.17) is 23.0 Å². The van der Waals surface area contributed by atoms with Crippen LogP contribution in [0, 0.1) is 6.92 Å². The average Bonchev–Trinajstić information content (AvgIpc) is 3.60. The number of carboxylic acid groups (broad SMARTS) is 1. The van der Waals surface area contributed by atoms with Crippen molar-refractivity contribution in [1.29, 1.82) is 0 Å². The lowest BCUT2D eigenvalue weighted by atomic mass is 10.1.